The number of ether oxygens (including phenoxy) is 1. The summed E-state index contributed by atoms with van der Waals surface area (Å²) in [6.45, 7) is 7.53. The summed E-state index contributed by atoms with van der Waals surface area (Å²) in [5.74, 6) is 1.56. The van der Waals surface area contributed by atoms with E-state index in [1.807, 2.05) is 30.3 Å². The Morgan fingerprint density at radius 3 is 2.73 bits per heavy atom. The number of benzene rings is 2. The molecule has 2 heterocycles. The van der Waals surface area contributed by atoms with Gasteiger partial charge in [0.2, 0.25) is 0 Å². The number of aliphatic imine (C=N–C) groups is 1. The fraction of sp³-hybridized carbons (Fsp3) is 0.312. The zero-order chi connectivity index (χ0) is 28.3. The minimum Gasteiger partial charge on any atom is -0.488 e. The summed E-state index contributed by atoms with van der Waals surface area (Å²) in [5.41, 5.74) is 3.77. The maximum absolute atomic E-state index is 13.4. The van der Waals surface area contributed by atoms with Crippen LogP contribution >= 0.6 is 27.3 Å². The van der Waals surface area contributed by atoms with Gasteiger partial charge in [-0.2, -0.15) is 0 Å². The second-order valence-corrected chi connectivity index (χ2v) is 13.1. The van der Waals surface area contributed by atoms with Crippen LogP contribution < -0.4 is 10.1 Å². The van der Waals surface area contributed by atoms with Gasteiger partial charge in [-0.15, -0.1) is 11.3 Å². The van der Waals surface area contributed by atoms with E-state index in [1.54, 1.807) is 35.9 Å². The van der Waals surface area contributed by atoms with E-state index in [9.17, 15) is 9.18 Å². The largest absolute Gasteiger partial charge is 0.488 e. The highest BCUT2D eigenvalue weighted by molar-refractivity contribution is 9.10. The number of nitrogens with one attached hydrogen (secondary N) is 1. The van der Waals surface area contributed by atoms with Crippen LogP contribution in [-0.2, 0) is 26.0 Å². The van der Waals surface area contributed by atoms with Crippen molar-refractivity contribution in [1.29, 1.82) is 0 Å². The van der Waals surface area contributed by atoms with Crippen molar-refractivity contribution in [3.05, 3.63) is 104 Å². The molecule has 8 heteroatoms. The number of nitrogens with zero attached hydrogens (tertiary/aromatic N) is 1. The SMILES string of the molecule is CC(C)(C)[C@H]1CCc2c(sc(N=Cc3ccc(OCc4ccc(F)cc4)c(Br)c3)c2C(=O)NCc2ccco2)C1. The van der Waals surface area contributed by atoms with E-state index in [-0.39, 0.29) is 17.1 Å². The highest BCUT2D eigenvalue weighted by Crippen LogP contribution is 2.45. The standard InChI is InChI=1S/C32H32BrFN2O3S/c1-32(2,3)22-9-12-25-28(16-22)40-31(29(25)30(37)35-18-24-5-4-14-38-24)36-17-21-8-13-27(26(33)15-21)39-19-20-6-10-23(34)11-7-20/h4-8,10-11,13-15,17,22H,9,12,16,18-19H2,1-3H3,(H,35,37)/t22-/m0/s1. The molecule has 2 aromatic heterocycles. The first-order chi connectivity index (χ1) is 19.2. The number of hydrogen-bond acceptors (Lipinski definition) is 5. The van der Waals surface area contributed by atoms with Gasteiger partial charge in [-0.1, -0.05) is 32.9 Å². The summed E-state index contributed by atoms with van der Waals surface area (Å²) >= 11 is 5.21. The summed E-state index contributed by atoms with van der Waals surface area (Å²) < 4.78 is 25.3. The van der Waals surface area contributed by atoms with Crippen LogP contribution in [0.3, 0.4) is 0 Å². The van der Waals surface area contributed by atoms with Crippen LogP contribution in [0, 0.1) is 17.2 Å². The first-order valence-electron chi connectivity index (χ1n) is 13.3. The normalized spacial score (nSPS) is 15.3. The zero-order valence-corrected chi connectivity index (χ0v) is 25.2. The Hall–Kier alpha value is -3.23. The summed E-state index contributed by atoms with van der Waals surface area (Å²) in [7, 11) is 0. The van der Waals surface area contributed by atoms with E-state index in [1.165, 1.54) is 17.0 Å². The second kappa shape index (κ2) is 12.1. The number of halogens is 2. The molecule has 0 saturated carbocycles. The molecule has 0 spiro atoms. The van der Waals surface area contributed by atoms with E-state index in [0.29, 0.717) is 36.1 Å². The summed E-state index contributed by atoms with van der Waals surface area (Å²) in [6, 6.07) is 15.6. The molecule has 4 aromatic rings. The summed E-state index contributed by atoms with van der Waals surface area (Å²) in [5, 5.41) is 3.75. The molecule has 1 N–H and O–H groups in total. The molecule has 0 unspecified atom stereocenters. The van der Waals surface area contributed by atoms with Gasteiger partial charge >= 0.3 is 0 Å². The molecule has 0 bridgehead atoms. The van der Waals surface area contributed by atoms with Crippen LogP contribution in [0.2, 0.25) is 0 Å². The Bertz CT molecular complexity index is 1500. The number of amides is 1. The molecule has 40 heavy (non-hydrogen) atoms. The van der Waals surface area contributed by atoms with E-state index in [0.717, 1.165) is 45.4 Å². The molecular weight excluding hydrogens is 591 g/mol. The van der Waals surface area contributed by atoms with Gasteiger partial charge in [-0.3, -0.25) is 4.79 Å². The van der Waals surface area contributed by atoms with Crippen LogP contribution in [0.4, 0.5) is 9.39 Å². The lowest BCUT2D eigenvalue weighted by atomic mass is 9.72. The summed E-state index contributed by atoms with van der Waals surface area (Å²) in [6.07, 6.45) is 6.28. The van der Waals surface area contributed by atoms with Gasteiger partial charge < -0.3 is 14.5 Å². The zero-order valence-electron chi connectivity index (χ0n) is 22.8. The van der Waals surface area contributed by atoms with Crippen molar-refractivity contribution in [2.24, 2.45) is 16.3 Å². The molecule has 208 valence electrons. The van der Waals surface area contributed by atoms with Crippen LogP contribution in [0.1, 0.15) is 64.9 Å². The monoisotopic (exact) mass is 622 g/mol. The van der Waals surface area contributed by atoms with Crippen LogP contribution in [0.5, 0.6) is 5.75 Å². The second-order valence-electron chi connectivity index (χ2n) is 11.1. The van der Waals surface area contributed by atoms with E-state index in [2.05, 4.69) is 42.0 Å². The van der Waals surface area contributed by atoms with Crippen molar-refractivity contribution in [3.8, 4) is 5.75 Å². The van der Waals surface area contributed by atoms with Crippen molar-refractivity contribution in [2.75, 3.05) is 0 Å². The third-order valence-corrected chi connectivity index (χ3v) is 9.08. The Kier molecular flexibility index (Phi) is 8.57. The number of thiophene rings is 1. The molecule has 2 aromatic carbocycles. The molecule has 5 rings (SSSR count). The maximum Gasteiger partial charge on any atom is 0.255 e. The highest BCUT2D eigenvalue weighted by Gasteiger charge is 2.33. The first kappa shape index (κ1) is 28.3. The van der Waals surface area contributed by atoms with Gasteiger partial charge in [0, 0.05) is 11.1 Å². The highest BCUT2D eigenvalue weighted by atomic mass is 79.9. The maximum atomic E-state index is 13.4. The first-order valence-corrected chi connectivity index (χ1v) is 14.9. The third kappa shape index (κ3) is 6.73. The number of hydrogen-bond donors (Lipinski definition) is 1. The topological polar surface area (TPSA) is 63.8 Å². The number of fused-ring (bicyclic) bond motifs is 1. The molecule has 5 nitrogen and oxygen atoms in total. The molecular formula is C32H32BrFN2O3S. The molecule has 1 aliphatic carbocycles. The Morgan fingerprint density at radius 1 is 1.23 bits per heavy atom. The number of carbonyl (C=O) groups excluding carboxylic acids is 1. The fourth-order valence-electron chi connectivity index (χ4n) is 4.89. The average molecular weight is 624 g/mol. The van der Waals surface area contributed by atoms with E-state index in [4.69, 9.17) is 14.1 Å². The lowest BCUT2D eigenvalue weighted by molar-refractivity contribution is 0.0947. The number of carbonyl (C=O) groups is 1. The average Bonchev–Trinajstić information content (AvgIpc) is 3.58. The minimum atomic E-state index is -0.271. The Labute approximate surface area is 246 Å². The van der Waals surface area contributed by atoms with Gasteiger partial charge in [0.1, 0.15) is 28.9 Å². The number of furan rings is 1. The predicted octanol–water partition coefficient (Wildman–Crippen LogP) is 8.65. The van der Waals surface area contributed by atoms with Crippen LogP contribution in [-0.4, -0.2) is 12.1 Å². The van der Waals surface area contributed by atoms with Gasteiger partial charge in [0.15, 0.2) is 0 Å². The van der Waals surface area contributed by atoms with Crippen LogP contribution in [0.25, 0.3) is 0 Å². The number of rotatable bonds is 8. The fourth-order valence-corrected chi connectivity index (χ4v) is 6.67. The lowest BCUT2D eigenvalue weighted by Gasteiger charge is -2.33. The Morgan fingerprint density at radius 2 is 2.02 bits per heavy atom. The summed E-state index contributed by atoms with van der Waals surface area (Å²) in [4.78, 5) is 19.5. The van der Waals surface area contributed by atoms with Crippen LogP contribution in [0.15, 0.2) is 74.7 Å². The Balaban J connectivity index is 1.36. The van der Waals surface area contributed by atoms with Crippen molar-refractivity contribution in [1.82, 2.24) is 5.32 Å². The van der Waals surface area contributed by atoms with Crippen molar-refractivity contribution in [3.63, 3.8) is 0 Å². The van der Waals surface area contributed by atoms with E-state index < -0.39 is 0 Å². The molecule has 1 amide bonds. The van der Waals surface area contributed by atoms with Crippen molar-refractivity contribution < 1.29 is 18.3 Å². The molecule has 0 saturated heterocycles. The minimum absolute atomic E-state index is 0.124. The molecule has 0 radical (unpaired) electrons. The van der Waals surface area contributed by atoms with Crippen molar-refractivity contribution >= 4 is 44.4 Å². The molecule has 0 fully saturated rings. The molecule has 1 aliphatic rings. The van der Waals surface area contributed by atoms with Crippen molar-refractivity contribution in [2.45, 2.75) is 53.2 Å². The predicted molar refractivity (Wildman–Crippen MR) is 161 cm³/mol. The third-order valence-electron chi connectivity index (χ3n) is 7.30. The molecule has 0 aliphatic heterocycles. The van der Waals surface area contributed by atoms with E-state index >= 15 is 0 Å². The quantitative estimate of drug-likeness (QED) is 0.200. The van der Waals surface area contributed by atoms with Gasteiger partial charge in [-0.25, -0.2) is 9.38 Å². The van der Waals surface area contributed by atoms with Gasteiger partial charge in [0.05, 0.1) is 22.8 Å². The molecule has 1 atom stereocenters. The van der Waals surface area contributed by atoms with Gasteiger partial charge in [0.25, 0.3) is 5.91 Å². The lowest BCUT2D eigenvalue weighted by Crippen LogP contribution is -2.28. The smallest absolute Gasteiger partial charge is 0.255 e. The van der Waals surface area contributed by atoms with Gasteiger partial charge in [-0.05, 0) is 106 Å².